The molecule has 0 amide bonds. The number of piperidine rings is 1. The summed E-state index contributed by atoms with van der Waals surface area (Å²) in [6.45, 7) is 5.45. The van der Waals surface area contributed by atoms with Gasteiger partial charge in [0.05, 0.1) is 0 Å². The maximum absolute atomic E-state index is 12.6. The van der Waals surface area contributed by atoms with Crippen molar-refractivity contribution in [3.8, 4) is 0 Å². The van der Waals surface area contributed by atoms with Crippen LogP contribution in [0.4, 0.5) is 13.2 Å². The van der Waals surface area contributed by atoms with Crippen molar-refractivity contribution in [1.82, 2.24) is 19.8 Å². The van der Waals surface area contributed by atoms with Crippen LogP contribution in [0.3, 0.4) is 0 Å². The molecule has 0 aliphatic carbocycles. The fraction of sp³-hybridized carbons (Fsp3) is 0.938. The Balaban J connectivity index is 1.73. The van der Waals surface area contributed by atoms with Crippen LogP contribution in [-0.2, 0) is 10.0 Å². The van der Waals surface area contributed by atoms with Crippen molar-refractivity contribution in [3.63, 3.8) is 0 Å². The lowest BCUT2D eigenvalue weighted by Crippen LogP contribution is -2.48. The second-order valence-corrected chi connectivity index (χ2v) is 8.98. The predicted molar refractivity (Wildman–Crippen MR) is 98.9 cm³/mol. The lowest BCUT2D eigenvalue weighted by molar-refractivity contribution is -0.0496. The summed E-state index contributed by atoms with van der Waals surface area (Å²) in [7, 11) is -3.53. The molecular weight excluding hydrogens is 383 g/mol. The Bertz CT molecular complexity index is 604. The number of rotatable bonds is 6. The molecule has 158 valence electrons. The molecule has 2 fully saturated rings. The summed E-state index contributed by atoms with van der Waals surface area (Å²) in [5.74, 6) is 0.783. The van der Waals surface area contributed by atoms with Crippen molar-refractivity contribution in [2.24, 2.45) is 10.9 Å². The lowest BCUT2D eigenvalue weighted by atomic mass is 9.98. The Labute approximate surface area is 159 Å². The number of aliphatic imine (C=N–C) groups is 1. The maximum atomic E-state index is 12.6. The van der Waals surface area contributed by atoms with Crippen LogP contribution in [0.15, 0.2) is 4.99 Å². The molecule has 2 rings (SSSR count). The van der Waals surface area contributed by atoms with Crippen molar-refractivity contribution < 1.29 is 21.6 Å². The average Bonchev–Trinajstić information content (AvgIpc) is 3.09. The zero-order valence-electron chi connectivity index (χ0n) is 15.9. The van der Waals surface area contributed by atoms with Crippen molar-refractivity contribution in [3.05, 3.63) is 0 Å². The highest BCUT2D eigenvalue weighted by atomic mass is 32.2. The van der Waals surface area contributed by atoms with E-state index in [1.807, 2.05) is 0 Å². The fourth-order valence-corrected chi connectivity index (χ4v) is 4.70. The van der Waals surface area contributed by atoms with Crippen molar-refractivity contribution in [2.75, 3.05) is 46.3 Å². The third kappa shape index (κ3) is 5.71. The summed E-state index contributed by atoms with van der Waals surface area (Å²) in [5, 5.41) is 6.52. The summed E-state index contributed by atoms with van der Waals surface area (Å²) in [6, 6.07) is 0.490. The van der Waals surface area contributed by atoms with Crippen LogP contribution in [0.1, 0.15) is 32.6 Å². The SMILES string of the molecule is CCN1CCCC1CNC(=NC)NCC1CCN(S(=O)(=O)C(F)(F)F)CC1. The third-order valence-corrected chi connectivity index (χ3v) is 7.03. The molecule has 0 spiro atoms. The van der Waals surface area contributed by atoms with E-state index in [4.69, 9.17) is 0 Å². The van der Waals surface area contributed by atoms with Gasteiger partial charge in [-0.1, -0.05) is 6.92 Å². The molecule has 2 aliphatic rings. The van der Waals surface area contributed by atoms with Crippen LogP contribution in [0.25, 0.3) is 0 Å². The minimum Gasteiger partial charge on any atom is -0.356 e. The number of sulfonamides is 1. The van der Waals surface area contributed by atoms with E-state index in [2.05, 4.69) is 27.4 Å². The summed E-state index contributed by atoms with van der Waals surface area (Å²) >= 11 is 0. The van der Waals surface area contributed by atoms with Gasteiger partial charge in [-0.15, -0.1) is 0 Å². The standard InChI is InChI=1S/C16H30F3N5O2S/c1-3-23-8-4-5-14(23)12-22-15(20-2)21-11-13-6-9-24(10-7-13)27(25,26)16(17,18)19/h13-14H,3-12H2,1-2H3,(H2,20,21,22). The zero-order chi connectivity index (χ0) is 20.1. The summed E-state index contributed by atoms with van der Waals surface area (Å²) in [6.07, 6.45) is 3.15. The van der Waals surface area contributed by atoms with Gasteiger partial charge in [-0.3, -0.25) is 9.89 Å². The molecule has 2 aliphatic heterocycles. The minimum atomic E-state index is -5.23. The highest BCUT2D eigenvalue weighted by Crippen LogP contribution is 2.30. The van der Waals surface area contributed by atoms with E-state index in [-0.39, 0.29) is 19.0 Å². The molecule has 2 saturated heterocycles. The molecule has 2 heterocycles. The molecule has 0 aromatic rings. The molecular formula is C16H30F3N5O2S. The highest BCUT2D eigenvalue weighted by Gasteiger charge is 2.50. The van der Waals surface area contributed by atoms with Gasteiger partial charge in [-0.2, -0.15) is 17.5 Å². The minimum absolute atomic E-state index is 0.103. The Kier molecular flexibility index (Phi) is 7.75. The smallest absolute Gasteiger partial charge is 0.356 e. The van der Waals surface area contributed by atoms with Crippen LogP contribution < -0.4 is 10.6 Å². The van der Waals surface area contributed by atoms with Crippen molar-refractivity contribution >= 4 is 16.0 Å². The number of nitrogens with one attached hydrogen (secondary N) is 2. The highest BCUT2D eigenvalue weighted by molar-refractivity contribution is 7.90. The van der Waals surface area contributed by atoms with Crippen molar-refractivity contribution in [1.29, 1.82) is 0 Å². The maximum Gasteiger partial charge on any atom is 0.511 e. The summed E-state index contributed by atoms with van der Waals surface area (Å²) in [4.78, 5) is 6.62. The van der Waals surface area contributed by atoms with E-state index in [0.717, 1.165) is 26.1 Å². The van der Waals surface area contributed by atoms with E-state index < -0.39 is 15.5 Å². The second kappa shape index (κ2) is 9.42. The van der Waals surface area contributed by atoms with Gasteiger partial charge < -0.3 is 10.6 Å². The number of guanidine groups is 1. The Morgan fingerprint density at radius 2 is 1.74 bits per heavy atom. The number of alkyl halides is 3. The second-order valence-electron chi connectivity index (χ2n) is 7.05. The molecule has 0 radical (unpaired) electrons. The zero-order valence-corrected chi connectivity index (χ0v) is 16.7. The van der Waals surface area contributed by atoms with E-state index in [9.17, 15) is 21.6 Å². The number of likely N-dealkylation sites (tertiary alicyclic amines) is 1. The summed E-state index contributed by atoms with van der Waals surface area (Å²) < 4.78 is 61.3. The molecule has 0 saturated carbocycles. The van der Waals surface area contributed by atoms with Gasteiger partial charge in [-0.25, -0.2) is 8.42 Å². The Hall–Kier alpha value is -1.07. The average molecular weight is 414 g/mol. The van der Waals surface area contributed by atoms with Gasteiger partial charge in [-0.05, 0) is 44.7 Å². The topological polar surface area (TPSA) is 77.0 Å². The molecule has 1 unspecified atom stereocenters. The molecule has 0 aromatic heterocycles. The molecule has 1 atom stereocenters. The molecule has 0 aromatic carbocycles. The van der Waals surface area contributed by atoms with Crippen LogP contribution in [-0.4, -0.2) is 81.4 Å². The van der Waals surface area contributed by atoms with Gasteiger partial charge in [0.2, 0.25) is 0 Å². The van der Waals surface area contributed by atoms with Gasteiger partial charge >= 0.3 is 15.5 Å². The largest absolute Gasteiger partial charge is 0.511 e. The number of nitrogens with zero attached hydrogens (tertiary/aromatic N) is 3. The Morgan fingerprint density at radius 3 is 2.30 bits per heavy atom. The number of hydrogen-bond donors (Lipinski definition) is 2. The normalized spacial score (nSPS) is 24.3. The van der Waals surface area contributed by atoms with E-state index in [1.54, 1.807) is 7.05 Å². The molecule has 11 heteroatoms. The van der Waals surface area contributed by atoms with Crippen LogP contribution in [0, 0.1) is 5.92 Å². The van der Waals surface area contributed by atoms with E-state index in [0.29, 0.717) is 35.7 Å². The number of halogens is 3. The first-order valence-electron chi connectivity index (χ1n) is 9.44. The number of hydrogen-bond acceptors (Lipinski definition) is 4. The van der Waals surface area contributed by atoms with Gasteiger partial charge in [0.1, 0.15) is 0 Å². The van der Waals surface area contributed by atoms with E-state index in [1.165, 1.54) is 6.42 Å². The summed E-state index contributed by atoms with van der Waals surface area (Å²) in [5.41, 5.74) is -5.23. The Morgan fingerprint density at radius 1 is 1.11 bits per heavy atom. The van der Waals surface area contributed by atoms with Gasteiger partial charge in [0.15, 0.2) is 5.96 Å². The first kappa shape index (κ1) is 22.2. The third-order valence-electron chi connectivity index (χ3n) is 5.40. The van der Waals surface area contributed by atoms with Crippen LogP contribution in [0.2, 0.25) is 0 Å². The molecule has 0 bridgehead atoms. The van der Waals surface area contributed by atoms with Crippen molar-refractivity contribution in [2.45, 2.75) is 44.2 Å². The molecule has 7 nitrogen and oxygen atoms in total. The van der Waals surface area contributed by atoms with Crippen LogP contribution >= 0.6 is 0 Å². The van der Waals surface area contributed by atoms with E-state index >= 15 is 0 Å². The molecule has 2 N–H and O–H groups in total. The van der Waals surface area contributed by atoms with Gasteiger partial charge in [0, 0.05) is 39.3 Å². The fourth-order valence-electron chi connectivity index (χ4n) is 3.72. The van der Waals surface area contributed by atoms with Gasteiger partial charge in [0.25, 0.3) is 0 Å². The monoisotopic (exact) mass is 413 g/mol. The quantitative estimate of drug-likeness (QED) is 0.506. The lowest BCUT2D eigenvalue weighted by Gasteiger charge is -2.32. The first-order chi connectivity index (χ1) is 12.7. The first-order valence-corrected chi connectivity index (χ1v) is 10.9. The predicted octanol–water partition coefficient (Wildman–Crippen LogP) is 1.20. The van der Waals surface area contributed by atoms with Crippen LogP contribution in [0.5, 0.6) is 0 Å². The molecule has 27 heavy (non-hydrogen) atoms. The number of likely N-dealkylation sites (N-methyl/N-ethyl adjacent to an activating group) is 1.